The number of fused-ring (bicyclic) bond motifs is 1. The van der Waals surface area contributed by atoms with Crippen LogP contribution in [0.25, 0.3) is 5.57 Å². The van der Waals surface area contributed by atoms with E-state index in [1.54, 1.807) is 0 Å². The number of amides is 1. The first kappa shape index (κ1) is 14.8. The Morgan fingerprint density at radius 2 is 1.96 bits per heavy atom. The zero-order valence-corrected chi connectivity index (χ0v) is 13.7. The molecule has 2 aliphatic heterocycles. The first-order valence-electron chi connectivity index (χ1n) is 8.25. The average molecular weight is 320 g/mol. The van der Waals surface area contributed by atoms with Gasteiger partial charge in [0.15, 0.2) is 0 Å². The number of pyridine rings is 1. The van der Waals surface area contributed by atoms with Crippen molar-refractivity contribution in [2.45, 2.75) is 6.92 Å². The van der Waals surface area contributed by atoms with Crippen molar-refractivity contribution < 1.29 is 4.79 Å². The number of aromatic nitrogens is 1. The van der Waals surface area contributed by atoms with Gasteiger partial charge in [-0.25, -0.2) is 4.98 Å². The molecule has 3 heterocycles. The number of hydrogen-bond acceptors (Lipinski definition) is 4. The standard InChI is InChI=1S/C19H20N4O/c1-14-5-6-17-15(12-14)16(19(24)21-17)13-22-8-10-23(11-9-22)18-4-2-3-7-20-18/h2-7,12-13H,8-11H2,1H3,(H,21,24)/b16-13+. The lowest BCUT2D eigenvalue weighted by Crippen LogP contribution is -2.44. The molecule has 0 radical (unpaired) electrons. The van der Waals surface area contributed by atoms with Crippen molar-refractivity contribution in [3.05, 3.63) is 59.9 Å². The molecule has 1 aromatic carbocycles. The Kier molecular flexibility index (Phi) is 3.69. The van der Waals surface area contributed by atoms with Gasteiger partial charge >= 0.3 is 0 Å². The van der Waals surface area contributed by atoms with Gasteiger partial charge in [-0.1, -0.05) is 17.7 Å². The Hall–Kier alpha value is -2.82. The topological polar surface area (TPSA) is 48.5 Å². The van der Waals surface area contributed by atoms with E-state index >= 15 is 0 Å². The molecule has 0 unspecified atom stereocenters. The van der Waals surface area contributed by atoms with Crippen molar-refractivity contribution in [2.24, 2.45) is 0 Å². The molecule has 5 nitrogen and oxygen atoms in total. The second-order valence-electron chi connectivity index (χ2n) is 6.26. The lowest BCUT2D eigenvalue weighted by molar-refractivity contribution is -0.110. The van der Waals surface area contributed by atoms with E-state index in [2.05, 4.69) is 26.2 Å². The van der Waals surface area contributed by atoms with Gasteiger partial charge in [-0.2, -0.15) is 0 Å². The highest BCUT2D eigenvalue weighted by molar-refractivity contribution is 6.31. The van der Waals surface area contributed by atoms with Crippen molar-refractivity contribution in [1.29, 1.82) is 0 Å². The SMILES string of the molecule is Cc1ccc2c(c1)/C(=C\N1CCN(c3ccccn3)CC1)C(=O)N2. The molecule has 0 saturated carbocycles. The van der Waals surface area contributed by atoms with Gasteiger partial charge < -0.3 is 15.1 Å². The van der Waals surface area contributed by atoms with Gasteiger partial charge in [-0.3, -0.25) is 4.79 Å². The van der Waals surface area contributed by atoms with Crippen LogP contribution in [-0.2, 0) is 4.79 Å². The summed E-state index contributed by atoms with van der Waals surface area (Å²) >= 11 is 0. The van der Waals surface area contributed by atoms with Crippen molar-refractivity contribution in [3.8, 4) is 0 Å². The Bertz CT molecular complexity index is 792. The predicted octanol–water partition coefficient (Wildman–Crippen LogP) is 2.51. The third-order valence-corrected chi connectivity index (χ3v) is 4.56. The number of hydrogen-bond donors (Lipinski definition) is 1. The van der Waals surface area contributed by atoms with Gasteiger partial charge in [0.05, 0.1) is 5.57 Å². The number of benzene rings is 1. The molecular formula is C19H20N4O. The normalized spacial score (nSPS) is 18.7. The maximum absolute atomic E-state index is 12.3. The van der Waals surface area contributed by atoms with Crippen LogP contribution >= 0.6 is 0 Å². The molecule has 1 saturated heterocycles. The first-order valence-corrected chi connectivity index (χ1v) is 8.25. The minimum absolute atomic E-state index is 0.0113. The van der Waals surface area contributed by atoms with Gasteiger partial charge in [0.25, 0.3) is 5.91 Å². The van der Waals surface area contributed by atoms with Crippen molar-refractivity contribution >= 4 is 23.0 Å². The Labute approximate surface area is 141 Å². The summed E-state index contributed by atoms with van der Waals surface area (Å²) in [7, 11) is 0. The second kappa shape index (κ2) is 6.00. The third kappa shape index (κ3) is 2.73. The summed E-state index contributed by atoms with van der Waals surface area (Å²) in [5.41, 5.74) is 3.84. The van der Waals surface area contributed by atoms with E-state index in [4.69, 9.17) is 0 Å². The quantitative estimate of drug-likeness (QED) is 0.864. The van der Waals surface area contributed by atoms with Crippen LogP contribution < -0.4 is 10.2 Å². The fraction of sp³-hybridized carbons (Fsp3) is 0.263. The lowest BCUT2D eigenvalue weighted by atomic mass is 10.1. The van der Waals surface area contributed by atoms with Crippen LogP contribution in [0.5, 0.6) is 0 Å². The van der Waals surface area contributed by atoms with Crippen LogP contribution in [0.15, 0.2) is 48.8 Å². The van der Waals surface area contributed by atoms with Crippen molar-refractivity contribution in [3.63, 3.8) is 0 Å². The highest BCUT2D eigenvalue weighted by Gasteiger charge is 2.25. The molecular weight excluding hydrogens is 300 g/mol. The number of nitrogens with one attached hydrogen (secondary N) is 1. The van der Waals surface area contributed by atoms with Crippen molar-refractivity contribution in [1.82, 2.24) is 9.88 Å². The van der Waals surface area contributed by atoms with Crippen LogP contribution in [0.2, 0.25) is 0 Å². The molecule has 24 heavy (non-hydrogen) atoms. The molecule has 1 amide bonds. The molecule has 2 aliphatic rings. The minimum atomic E-state index is -0.0113. The molecule has 1 fully saturated rings. The van der Waals surface area contributed by atoms with Crippen molar-refractivity contribution in [2.75, 3.05) is 36.4 Å². The number of piperazine rings is 1. The summed E-state index contributed by atoms with van der Waals surface area (Å²) in [5.74, 6) is 1.01. The number of carbonyl (C=O) groups is 1. The van der Waals surface area contributed by atoms with Crippen LogP contribution in [0.4, 0.5) is 11.5 Å². The van der Waals surface area contributed by atoms with E-state index < -0.39 is 0 Å². The van der Waals surface area contributed by atoms with E-state index in [0.717, 1.165) is 54.4 Å². The summed E-state index contributed by atoms with van der Waals surface area (Å²) in [6.45, 7) is 5.63. The van der Waals surface area contributed by atoms with Crippen LogP contribution in [0.1, 0.15) is 11.1 Å². The Morgan fingerprint density at radius 3 is 2.71 bits per heavy atom. The number of aryl methyl sites for hydroxylation is 1. The summed E-state index contributed by atoms with van der Waals surface area (Å²) < 4.78 is 0. The summed E-state index contributed by atoms with van der Waals surface area (Å²) in [6.07, 6.45) is 3.84. The number of nitrogens with zero attached hydrogens (tertiary/aromatic N) is 3. The summed E-state index contributed by atoms with van der Waals surface area (Å²) in [6, 6.07) is 12.1. The molecule has 0 spiro atoms. The molecule has 1 N–H and O–H groups in total. The highest BCUT2D eigenvalue weighted by atomic mass is 16.2. The van der Waals surface area contributed by atoms with Gasteiger partial charge in [0.2, 0.25) is 0 Å². The first-order chi connectivity index (χ1) is 11.7. The maximum atomic E-state index is 12.3. The van der Waals surface area contributed by atoms with Crippen LogP contribution in [0.3, 0.4) is 0 Å². The molecule has 1 aromatic heterocycles. The molecule has 5 heteroatoms. The summed E-state index contributed by atoms with van der Waals surface area (Å²) in [5, 5.41) is 2.94. The van der Waals surface area contributed by atoms with E-state index in [9.17, 15) is 4.79 Å². The minimum Gasteiger partial charge on any atom is -0.373 e. The second-order valence-corrected chi connectivity index (χ2v) is 6.26. The smallest absolute Gasteiger partial charge is 0.257 e. The molecule has 2 aromatic rings. The van der Waals surface area contributed by atoms with Gasteiger partial charge in [-0.15, -0.1) is 0 Å². The average Bonchev–Trinajstić information content (AvgIpc) is 2.92. The maximum Gasteiger partial charge on any atom is 0.257 e. The fourth-order valence-electron chi connectivity index (χ4n) is 3.23. The zero-order valence-electron chi connectivity index (χ0n) is 13.7. The van der Waals surface area contributed by atoms with E-state index in [0.29, 0.717) is 0 Å². The molecule has 0 aliphatic carbocycles. The summed E-state index contributed by atoms with van der Waals surface area (Å²) in [4.78, 5) is 21.2. The Balaban J connectivity index is 1.50. The molecule has 0 atom stereocenters. The number of anilines is 2. The monoisotopic (exact) mass is 320 g/mol. The van der Waals surface area contributed by atoms with E-state index in [-0.39, 0.29) is 5.91 Å². The number of rotatable bonds is 2. The molecule has 4 rings (SSSR count). The van der Waals surface area contributed by atoms with Crippen LogP contribution in [0, 0.1) is 6.92 Å². The number of carbonyl (C=O) groups excluding carboxylic acids is 1. The van der Waals surface area contributed by atoms with Gasteiger partial charge in [-0.05, 0) is 31.2 Å². The molecule has 122 valence electrons. The highest BCUT2D eigenvalue weighted by Crippen LogP contribution is 2.32. The van der Waals surface area contributed by atoms with Crippen LogP contribution in [-0.4, -0.2) is 42.0 Å². The van der Waals surface area contributed by atoms with Gasteiger partial charge in [0.1, 0.15) is 5.82 Å². The fourth-order valence-corrected chi connectivity index (χ4v) is 3.23. The van der Waals surface area contributed by atoms with E-state index in [1.807, 2.05) is 49.7 Å². The lowest BCUT2D eigenvalue weighted by Gasteiger charge is -2.35. The largest absolute Gasteiger partial charge is 0.373 e. The van der Waals surface area contributed by atoms with Gasteiger partial charge in [0, 0.05) is 49.8 Å². The van der Waals surface area contributed by atoms with E-state index in [1.165, 1.54) is 0 Å². The third-order valence-electron chi connectivity index (χ3n) is 4.56. The molecule has 0 bridgehead atoms. The zero-order chi connectivity index (χ0) is 16.5. The Morgan fingerprint density at radius 1 is 1.12 bits per heavy atom. The predicted molar refractivity (Wildman–Crippen MR) is 95.8 cm³/mol.